The molecule has 0 spiro atoms. The minimum Gasteiger partial charge on any atom is -0.379 e. The van der Waals surface area contributed by atoms with Crippen LogP contribution in [0.2, 0.25) is 5.15 Å². The van der Waals surface area contributed by atoms with Gasteiger partial charge >= 0.3 is 0 Å². The number of nitrogens with zero attached hydrogens (tertiary/aromatic N) is 1. The van der Waals surface area contributed by atoms with Gasteiger partial charge < -0.3 is 11.1 Å². The molecule has 2 atom stereocenters. The number of fused-ring (bicyclic) bond motifs is 1. The normalized spacial score (nSPS) is 20.4. The minimum atomic E-state index is 0.274. The molecule has 132 valence electrons. The second kappa shape index (κ2) is 7.23. The van der Waals surface area contributed by atoms with Gasteiger partial charge in [-0.05, 0) is 36.3 Å². The Labute approximate surface area is 161 Å². The fraction of sp³-hybridized carbons (Fsp3) is 0.421. The van der Waals surface area contributed by atoms with E-state index in [0.29, 0.717) is 11.1 Å². The summed E-state index contributed by atoms with van der Waals surface area (Å²) in [5.41, 5.74) is 9.87. The average molecular weight is 392 g/mol. The maximum Gasteiger partial charge on any atom is 0.131 e. The first kappa shape index (κ1) is 17.3. The molecular weight excluding hydrogens is 370 g/mol. The van der Waals surface area contributed by atoms with Crippen molar-refractivity contribution in [1.29, 1.82) is 0 Å². The van der Waals surface area contributed by atoms with Crippen molar-refractivity contribution in [2.75, 3.05) is 5.32 Å². The fourth-order valence-electron chi connectivity index (χ4n) is 3.78. The third-order valence-corrected chi connectivity index (χ3v) is 7.49. The largest absolute Gasteiger partial charge is 0.379 e. The Morgan fingerprint density at radius 2 is 2.28 bits per heavy atom. The predicted octanol–water partition coefficient (Wildman–Crippen LogP) is 5.78. The van der Waals surface area contributed by atoms with E-state index in [4.69, 9.17) is 17.3 Å². The van der Waals surface area contributed by atoms with E-state index in [1.165, 1.54) is 32.9 Å². The van der Waals surface area contributed by atoms with Crippen LogP contribution < -0.4 is 11.1 Å². The number of nitrogens with two attached hydrogens (primary N) is 1. The van der Waals surface area contributed by atoms with Gasteiger partial charge in [-0.1, -0.05) is 31.0 Å². The molecule has 0 aliphatic heterocycles. The predicted molar refractivity (Wildman–Crippen MR) is 110 cm³/mol. The van der Waals surface area contributed by atoms with Gasteiger partial charge in [0.15, 0.2) is 0 Å². The highest BCUT2D eigenvalue weighted by atomic mass is 35.5. The smallest absolute Gasteiger partial charge is 0.131 e. The molecule has 0 aromatic carbocycles. The summed E-state index contributed by atoms with van der Waals surface area (Å²) in [4.78, 5) is 7.41. The van der Waals surface area contributed by atoms with Crippen molar-refractivity contribution < 1.29 is 0 Å². The summed E-state index contributed by atoms with van der Waals surface area (Å²) in [5.74, 6) is 0.470. The van der Waals surface area contributed by atoms with E-state index in [0.717, 1.165) is 30.6 Å². The van der Waals surface area contributed by atoms with Gasteiger partial charge in [-0.25, -0.2) is 4.98 Å². The van der Waals surface area contributed by atoms with E-state index in [1.54, 1.807) is 11.3 Å². The first-order valence-electron chi connectivity index (χ1n) is 8.81. The van der Waals surface area contributed by atoms with Crippen LogP contribution in [0.5, 0.6) is 0 Å². The SMILES string of the molecule is CCc1c([C@@H]2CCC[C@H]2N)sc2c(NCc3cccs3)cc(Cl)nc12. The zero-order chi connectivity index (χ0) is 17.4. The number of aryl methyl sites for hydroxylation is 1. The summed E-state index contributed by atoms with van der Waals surface area (Å²) in [6.45, 7) is 3.01. The Hall–Kier alpha value is -1.14. The van der Waals surface area contributed by atoms with Crippen LogP contribution in [0, 0.1) is 0 Å². The van der Waals surface area contributed by atoms with E-state index in [9.17, 15) is 0 Å². The van der Waals surface area contributed by atoms with Crippen molar-refractivity contribution >= 4 is 50.2 Å². The van der Waals surface area contributed by atoms with Crippen LogP contribution in [0.1, 0.15) is 47.4 Å². The molecule has 6 heteroatoms. The quantitative estimate of drug-likeness (QED) is 0.542. The van der Waals surface area contributed by atoms with Crippen molar-refractivity contribution in [2.24, 2.45) is 5.73 Å². The number of pyridine rings is 1. The van der Waals surface area contributed by atoms with E-state index < -0.39 is 0 Å². The number of hydrogen-bond acceptors (Lipinski definition) is 5. The van der Waals surface area contributed by atoms with Crippen molar-refractivity contribution in [3.8, 4) is 0 Å². The van der Waals surface area contributed by atoms with Gasteiger partial charge in [-0.2, -0.15) is 0 Å². The molecule has 1 fully saturated rings. The lowest BCUT2D eigenvalue weighted by atomic mass is 9.97. The van der Waals surface area contributed by atoms with Gasteiger partial charge in [0, 0.05) is 34.3 Å². The van der Waals surface area contributed by atoms with Gasteiger partial charge in [0.2, 0.25) is 0 Å². The van der Waals surface area contributed by atoms with Crippen LogP contribution >= 0.6 is 34.3 Å². The Bertz CT molecular complexity index is 873. The number of aromatic nitrogens is 1. The summed E-state index contributed by atoms with van der Waals surface area (Å²) in [6, 6.07) is 6.45. The molecule has 3 heterocycles. The van der Waals surface area contributed by atoms with E-state index in [1.807, 2.05) is 17.4 Å². The molecule has 3 aromatic heterocycles. The van der Waals surface area contributed by atoms with Crippen LogP contribution in [0.3, 0.4) is 0 Å². The topological polar surface area (TPSA) is 50.9 Å². The number of anilines is 1. The monoisotopic (exact) mass is 391 g/mol. The molecule has 0 unspecified atom stereocenters. The number of nitrogens with one attached hydrogen (secondary N) is 1. The number of rotatable bonds is 5. The Morgan fingerprint density at radius 3 is 2.96 bits per heavy atom. The second-order valence-electron chi connectivity index (χ2n) is 6.60. The molecular formula is C19H22ClN3S2. The van der Waals surface area contributed by atoms with Crippen LogP contribution in [0.4, 0.5) is 5.69 Å². The van der Waals surface area contributed by atoms with Gasteiger partial charge in [0.1, 0.15) is 5.15 Å². The van der Waals surface area contributed by atoms with E-state index >= 15 is 0 Å². The molecule has 25 heavy (non-hydrogen) atoms. The van der Waals surface area contributed by atoms with Gasteiger partial charge in [0.05, 0.1) is 15.9 Å². The fourth-order valence-corrected chi connectivity index (χ4v) is 6.15. The number of halogens is 1. The van der Waals surface area contributed by atoms with Gasteiger partial charge in [-0.3, -0.25) is 0 Å². The highest BCUT2D eigenvalue weighted by Gasteiger charge is 2.30. The molecule has 4 rings (SSSR count). The molecule has 0 saturated heterocycles. The maximum absolute atomic E-state index is 6.39. The number of hydrogen-bond donors (Lipinski definition) is 2. The maximum atomic E-state index is 6.39. The van der Waals surface area contributed by atoms with Gasteiger partial charge in [-0.15, -0.1) is 22.7 Å². The second-order valence-corrected chi connectivity index (χ2v) is 9.07. The van der Waals surface area contributed by atoms with Crippen molar-refractivity contribution in [3.63, 3.8) is 0 Å². The lowest BCUT2D eigenvalue weighted by Gasteiger charge is -2.15. The summed E-state index contributed by atoms with van der Waals surface area (Å²) in [5, 5.41) is 6.22. The molecule has 3 aromatic rings. The molecule has 1 aliphatic rings. The minimum absolute atomic E-state index is 0.274. The lowest BCUT2D eigenvalue weighted by molar-refractivity contribution is 0.618. The zero-order valence-corrected chi connectivity index (χ0v) is 16.6. The Balaban J connectivity index is 1.76. The molecule has 1 saturated carbocycles. The summed E-state index contributed by atoms with van der Waals surface area (Å²) < 4.78 is 1.21. The third-order valence-electron chi connectivity index (χ3n) is 5.03. The highest BCUT2D eigenvalue weighted by Crippen LogP contribution is 2.45. The van der Waals surface area contributed by atoms with Crippen molar-refractivity contribution in [3.05, 3.63) is 44.1 Å². The van der Waals surface area contributed by atoms with Crippen molar-refractivity contribution in [1.82, 2.24) is 4.98 Å². The number of thiophene rings is 2. The standard InChI is InChI=1S/C19H22ClN3S2/c1-2-12-17-19(25-18(12)13-6-3-7-14(13)21)15(9-16(20)23-17)22-10-11-5-4-8-24-11/h4-5,8-9,13-14H,2-3,6-7,10,21H2,1H3,(H,22,23)/t13-,14-/m1/s1. The summed E-state index contributed by atoms with van der Waals surface area (Å²) in [6.07, 6.45) is 4.50. The van der Waals surface area contributed by atoms with Crippen LogP contribution in [0.15, 0.2) is 23.6 Å². The zero-order valence-electron chi connectivity index (χ0n) is 14.2. The van der Waals surface area contributed by atoms with E-state index in [2.05, 4.69) is 34.7 Å². The molecule has 3 nitrogen and oxygen atoms in total. The van der Waals surface area contributed by atoms with Gasteiger partial charge in [0.25, 0.3) is 0 Å². The lowest BCUT2D eigenvalue weighted by Crippen LogP contribution is -2.22. The molecule has 3 N–H and O–H groups in total. The van der Waals surface area contributed by atoms with Crippen LogP contribution in [-0.4, -0.2) is 11.0 Å². The highest BCUT2D eigenvalue weighted by molar-refractivity contribution is 7.20. The third kappa shape index (κ3) is 3.31. The first-order chi connectivity index (χ1) is 12.2. The molecule has 0 amide bonds. The first-order valence-corrected chi connectivity index (χ1v) is 10.9. The molecule has 0 bridgehead atoms. The van der Waals surface area contributed by atoms with Crippen LogP contribution in [0.25, 0.3) is 10.2 Å². The molecule has 0 radical (unpaired) electrons. The Morgan fingerprint density at radius 1 is 1.40 bits per heavy atom. The van der Waals surface area contributed by atoms with Crippen molar-refractivity contribution in [2.45, 2.75) is 51.1 Å². The molecule has 1 aliphatic carbocycles. The van der Waals surface area contributed by atoms with Crippen LogP contribution in [-0.2, 0) is 13.0 Å². The Kier molecular flexibility index (Phi) is 5.00. The van der Waals surface area contributed by atoms with E-state index in [-0.39, 0.29) is 6.04 Å². The summed E-state index contributed by atoms with van der Waals surface area (Å²) >= 11 is 9.97. The summed E-state index contributed by atoms with van der Waals surface area (Å²) in [7, 11) is 0. The average Bonchev–Trinajstić information content (AvgIpc) is 3.31.